The maximum absolute atomic E-state index is 13.1. The maximum atomic E-state index is 13.1. The highest BCUT2D eigenvalue weighted by atomic mass is 79.9. The second kappa shape index (κ2) is 7.41. The minimum atomic E-state index is -1.18. The Morgan fingerprint density at radius 2 is 1.86 bits per heavy atom. The van der Waals surface area contributed by atoms with Gasteiger partial charge >= 0.3 is 5.97 Å². The summed E-state index contributed by atoms with van der Waals surface area (Å²) in [5.74, 6) is -3.32. The van der Waals surface area contributed by atoms with Crippen molar-refractivity contribution in [2.75, 3.05) is 4.90 Å². The van der Waals surface area contributed by atoms with Gasteiger partial charge in [0.15, 0.2) is 0 Å². The number of thioether (sulfide) groups is 1. The summed E-state index contributed by atoms with van der Waals surface area (Å²) >= 11 is 9.47. The van der Waals surface area contributed by atoms with E-state index in [0.29, 0.717) is 15.7 Å². The first kappa shape index (κ1) is 20.7. The van der Waals surface area contributed by atoms with E-state index in [1.165, 1.54) is 6.92 Å². The molecule has 1 aromatic carbocycles. The number of amides is 3. The van der Waals surface area contributed by atoms with Gasteiger partial charge in [0.05, 0.1) is 16.2 Å². The van der Waals surface area contributed by atoms with Gasteiger partial charge < -0.3 is 5.11 Å². The fourth-order valence-electron chi connectivity index (χ4n) is 3.24. The predicted octanol–water partition coefficient (Wildman–Crippen LogP) is 3.02. The fourth-order valence-corrected chi connectivity index (χ4v) is 5.00. The zero-order valence-electron chi connectivity index (χ0n) is 15.1. The molecule has 1 N–H and O–H groups in total. The molecule has 0 spiro atoms. The third-order valence-corrected chi connectivity index (χ3v) is 6.28. The summed E-state index contributed by atoms with van der Waals surface area (Å²) in [4.78, 5) is 51.9. The highest BCUT2D eigenvalue weighted by Crippen LogP contribution is 2.46. The zero-order chi connectivity index (χ0) is 20.9. The molecule has 28 heavy (non-hydrogen) atoms. The molecule has 146 valence electrons. The van der Waals surface area contributed by atoms with Crippen molar-refractivity contribution in [3.8, 4) is 0 Å². The lowest BCUT2D eigenvalue weighted by Gasteiger charge is -2.26. The first-order valence-corrected chi connectivity index (χ1v) is 10.3. The topological polar surface area (TPSA) is 95.0 Å². The number of carboxylic acid groups (broad SMARTS) is 1. The van der Waals surface area contributed by atoms with E-state index in [-0.39, 0.29) is 14.8 Å². The Morgan fingerprint density at radius 3 is 2.39 bits per heavy atom. The normalized spacial score (nSPS) is 20.2. The molecule has 0 aromatic heterocycles. The number of hydrogen-bond acceptors (Lipinski definition) is 6. The summed E-state index contributed by atoms with van der Waals surface area (Å²) in [6, 6.07) is 3.80. The molecule has 7 nitrogen and oxygen atoms in total. The van der Waals surface area contributed by atoms with Crippen molar-refractivity contribution >= 4 is 79.2 Å². The van der Waals surface area contributed by atoms with Gasteiger partial charge in [0.2, 0.25) is 5.91 Å². The van der Waals surface area contributed by atoms with Crippen LogP contribution in [0.4, 0.5) is 5.69 Å². The number of hydrogen-bond donors (Lipinski definition) is 1. The van der Waals surface area contributed by atoms with Gasteiger partial charge in [-0.2, -0.15) is 0 Å². The number of anilines is 1. The Balaban J connectivity index is 2.19. The number of benzene rings is 1. The summed E-state index contributed by atoms with van der Waals surface area (Å²) < 4.78 is 0.738. The van der Waals surface area contributed by atoms with Gasteiger partial charge in [-0.15, -0.1) is 0 Å². The Labute approximate surface area is 178 Å². The van der Waals surface area contributed by atoms with Crippen LogP contribution in [0.2, 0.25) is 0 Å². The molecule has 0 radical (unpaired) electrons. The van der Waals surface area contributed by atoms with Crippen LogP contribution in [0.25, 0.3) is 5.57 Å². The lowest BCUT2D eigenvalue weighted by molar-refractivity contribution is -0.146. The SMILES string of the molecule is CC(=O)N1C(=O)C(=C2SC(=S)N(C(C(=O)O)C(C)C)C2=O)c2cc(Br)ccc21. The molecular weight excluding hydrogens is 468 g/mol. The zero-order valence-corrected chi connectivity index (χ0v) is 18.3. The molecule has 1 aromatic rings. The Kier molecular flexibility index (Phi) is 5.48. The number of carbonyl (C=O) groups excluding carboxylic acids is 3. The van der Waals surface area contributed by atoms with Crippen LogP contribution in [-0.4, -0.2) is 44.1 Å². The number of halogens is 1. The van der Waals surface area contributed by atoms with Crippen LogP contribution in [0, 0.1) is 5.92 Å². The second-order valence-corrected chi connectivity index (χ2v) is 9.16. The van der Waals surface area contributed by atoms with Crippen molar-refractivity contribution in [2.24, 2.45) is 5.92 Å². The average Bonchev–Trinajstić information content (AvgIpc) is 3.01. The number of aliphatic carboxylic acids is 1. The molecule has 10 heteroatoms. The van der Waals surface area contributed by atoms with Crippen LogP contribution < -0.4 is 4.90 Å². The smallest absolute Gasteiger partial charge is 0.327 e. The van der Waals surface area contributed by atoms with E-state index in [1.54, 1.807) is 32.0 Å². The van der Waals surface area contributed by atoms with E-state index in [4.69, 9.17) is 12.2 Å². The summed E-state index contributed by atoms with van der Waals surface area (Å²) in [5.41, 5.74) is 0.852. The molecule has 2 aliphatic rings. The van der Waals surface area contributed by atoms with Crippen LogP contribution in [0.3, 0.4) is 0 Å². The minimum Gasteiger partial charge on any atom is -0.480 e. The van der Waals surface area contributed by atoms with E-state index >= 15 is 0 Å². The Hall–Kier alpha value is -2.04. The standard InChI is InChI=1S/C18H15BrN2O5S2/c1-7(2)13(17(25)26)21-16(24)14(28-18(21)27)12-10-6-9(19)4-5-11(10)20(8(3)22)15(12)23/h4-7,13H,1-3H3,(H,25,26). The molecule has 1 fully saturated rings. The molecule has 3 amide bonds. The van der Waals surface area contributed by atoms with Gasteiger partial charge in [0, 0.05) is 17.0 Å². The van der Waals surface area contributed by atoms with Crippen molar-refractivity contribution in [2.45, 2.75) is 26.8 Å². The molecule has 1 saturated heterocycles. The molecule has 2 aliphatic heterocycles. The number of nitrogens with zero attached hydrogens (tertiary/aromatic N) is 2. The average molecular weight is 483 g/mol. The molecule has 3 rings (SSSR count). The lowest BCUT2D eigenvalue weighted by Crippen LogP contribution is -2.47. The second-order valence-electron chi connectivity index (χ2n) is 6.60. The van der Waals surface area contributed by atoms with E-state index in [2.05, 4.69) is 15.9 Å². The molecule has 2 heterocycles. The lowest BCUT2D eigenvalue weighted by atomic mass is 10.0. The fraction of sp³-hybridized carbons (Fsp3) is 0.278. The summed E-state index contributed by atoms with van der Waals surface area (Å²) in [5, 5.41) is 9.55. The van der Waals surface area contributed by atoms with Crippen LogP contribution in [0.5, 0.6) is 0 Å². The first-order chi connectivity index (χ1) is 13.1. The monoisotopic (exact) mass is 482 g/mol. The highest BCUT2D eigenvalue weighted by Gasteiger charge is 2.47. The van der Waals surface area contributed by atoms with E-state index in [9.17, 15) is 24.3 Å². The van der Waals surface area contributed by atoms with Crippen LogP contribution in [0.15, 0.2) is 27.6 Å². The largest absolute Gasteiger partial charge is 0.480 e. The molecule has 0 aliphatic carbocycles. The summed E-state index contributed by atoms with van der Waals surface area (Å²) in [6.45, 7) is 4.61. The van der Waals surface area contributed by atoms with Crippen LogP contribution in [-0.2, 0) is 19.2 Å². The number of carboxylic acids is 1. The van der Waals surface area contributed by atoms with Gasteiger partial charge in [0.1, 0.15) is 10.4 Å². The van der Waals surface area contributed by atoms with Crippen molar-refractivity contribution < 1.29 is 24.3 Å². The highest BCUT2D eigenvalue weighted by molar-refractivity contribution is 9.10. The van der Waals surface area contributed by atoms with E-state index in [0.717, 1.165) is 21.6 Å². The number of carbonyl (C=O) groups is 4. The van der Waals surface area contributed by atoms with Gasteiger partial charge in [-0.1, -0.05) is 53.8 Å². The molecule has 1 unspecified atom stereocenters. The maximum Gasteiger partial charge on any atom is 0.327 e. The number of thiocarbonyl (C=S) groups is 1. The molecule has 1 atom stereocenters. The van der Waals surface area contributed by atoms with E-state index in [1.807, 2.05) is 0 Å². The first-order valence-electron chi connectivity index (χ1n) is 8.23. The third kappa shape index (κ3) is 3.19. The van der Waals surface area contributed by atoms with Crippen LogP contribution >= 0.6 is 39.9 Å². The Bertz CT molecular complexity index is 988. The molecule has 0 saturated carbocycles. The minimum absolute atomic E-state index is 0.0324. The van der Waals surface area contributed by atoms with Crippen molar-refractivity contribution in [1.29, 1.82) is 0 Å². The van der Waals surface area contributed by atoms with Gasteiger partial charge in [-0.25, -0.2) is 9.69 Å². The van der Waals surface area contributed by atoms with Crippen molar-refractivity contribution in [3.63, 3.8) is 0 Å². The summed E-state index contributed by atoms with van der Waals surface area (Å²) in [6.07, 6.45) is 0. The summed E-state index contributed by atoms with van der Waals surface area (Å²) in [7, 11) is 0. The van der Waals surface area contributed by atoms with Crippen molar-refractivity contribution in [1.82, 2.24) is 4.90 Å². The number of fused-ring (bicyclic) bond motifs is 1. The van der Waals surface area contributed by atoms with E-state index < -0.39 is 35.7 Å². The van der Waals surface area contributed by atoms with Gasteiger partial charge in [0.25, 0.3) is 11.8 Å². The predicted molar refractivity (Wildman–Crippen MR) is 113 cm³/mol. The number of rotatable bonds is 3. The molecule has 0 bridgehead atoms. The quantitative estimate of drug-likeness (QED) is 0.522. The van der Waals surface area contributed by atoms with Crippen molar-refractivity contribution in [3.05, 3.63) is 33.1 Å². The van der Waals surface area contributed by atoms with Gasteiger partial charge in [-0.3, -0.25) is 19.3 Å². The van der Waals surface area contributed by atoms with Crippen LogP contribution in [0.1, 0.15) is 26.3 Å². The van der Waals surface area contributed by atoms with Gasteiger partial charge in [-0.05, 0) is 24.1 Å². The third-order valence-electron chi connectivity index (χ3n) is 4.39. The number of imide groups is 1. The molecular formula is C18H15BrN2O5S2. The Morgan fingerprint density at radius 1 is 1.21 bits per heavy atom.